The minimum Gasteiger partial charge on any atom is -0.464 e. The molecule has 5 nitrogen and oxygen atoms in total. The fourth-order valence-corrected chi connectivity index (χ4v) is 0.988. The Morgan fingerprint density at radius 3 is 2.36 bits per heavy atom. The Labute approximate surface area is 84.3 Å². The molecule has 0 atom stereocenters. The van der Waals surface area contributed by atoms with Crippen LogP contribution in [0.5, 0.6) is 6.01 Å². The van der Waals surface area contributed by atoms with E-state index in [2.05, 4.69) is 5.10 Å². The van der Waals surface area contributed by atoms with Gasteiger partial charge in [-0.15, -0.1) is 5.10 Å². The van der Waals surface area contributed by atoms with Crippen LogP contribution < -0.4 is 10.4 Å². The van der Waals surface area contributed by atoms with Gasteiger partial charge in [-0.1, -0.05) is 13.8 Å². The second kappa shape index (κ2) is 6.23. The lowest BCUT2D eigenvalue weighted by Gasteiger charge is -2.00. The summed E-state index contributed by atoms with van der Waals surface area (Å²) < 4.78 is 7.92. The smallest absolute Gasteiger partial charge is 0.348 e. The minimum absolute atomic E-state index is 0.138. The standard InChI is InChI=1S/C7H13N3O2.C2H6/c1-4-10-6(12-5-2)8-9(3)7(10)11;1-2/h4-5H2,1-3H3;1-2H3. The van der Waals surface area contributed by atoms with E-state index in [0.717, 1.165) is 0 Å². The molecule has 0 aliphatic carbocycles. The van der Waals surface area contributed by atoms with Crippen molar-refractivity contribution in [3.8, 4) is 6.01 Å². The Bertz CT molecular complexity index is 314. The van der Waals surface area contributed by atoms with Crippen LogP contribution in [0, 0.1) is 0 Å². The van der Waals surface area contributed by atoms with Crippen LogP contribution in [0.3, 0.4) is 0 Å². The highest BCUT2D eigenvalue weighted by Crippen LogP contribution is 2.01. The number of ether oxygens (including phenoxy) is 1. The van der Waals surface area contributed by atoms with E-state index in [-0.39, 0.29) is 5.69 Å². The number of aromatic nitrogens is 3. The van der Waals surface area contributed by atoms with E-state index in [4.69, 9.17) is 4.74 Å². The van der Waals surface area contributed by atoms with Gasteiger partial charge in [-0.05, 0) is 13.8 Å². The van der Waals surface area contributed by atoms with Gasteiger partial charge in [0.15, 0.2) is 0 Å². The SMILES string of the molecule is CC.CCOc1nn(C)c(=O)n1CC. The fourth-order valence-electron chi connectivity index (χ4n) is 0.988. The van der Waals surface area contributed by atoms with Gasteiger partial charge in [0.1, 0.15) is 0 Å². The molecule has 82 valence electrons. The molecule has 0 saturated carbocycles. The summed E-state index contributed by atoms with van der Waals surface area (Å²) in [4.78, 5) is 11.3. The molecule has 14 heavy (non-hydrogen) atoms. The van der Waals surface area contributed by atoms with E-state index < -0.39 is 0 Å². The van der Waals surface area contributed by atoms with Gasteiger partial charge in [0.25, 0.3) is 0 Å². The van der Waals surface area contributed by atoms with Gasteiger partial charge in [0.2, 0.25) is 0 Å². The molecule has 1 aromatic rings. The monoisotopic (exact) mass is 201 g/mol. The van der Waals surface area contributed by atoms with E-state index in [1.807, 2.05) is 27.7 Å². The Hall–Kier alpha value is -1.26. The normalized spacial score (nSPS) is 9.21. The molecule has 5 heteroatoms. The van der Waals surface area contributed by atoms with Crippen molar-refractivity contribution in [2.45, 2.75) is 34.2 Å². The molecule has 0 N–H and O–H groups in total. The summed E-state index contributed by atoms with van der Waals surface area (Å²) in [6.07, 6.45) is 0. The van der Waals surface area contributed by atoms with Gasteiger partial charge in [-0.3, -0.25) is 0 Å². The molecule has 1 heterocycles. The molecule has 1 aromatic heterocycles. The lowest BCUT2D eigenvalue weighted by atomic mass is 10.7. The zero-order chi connectivity index (χ0) is 11.1. The summed E-state index contributed by atoms with van der Waals surface area (Å²) in [6, 6.07) is 0.396. The van der Waals surface area contributed by atoms with Crippen LogP contribution in [0.15, 0.2) is 4.79 Å². The zero-order valence-electron chi connectivity index (χ0n) is 9.57. The third kappa shape index (κ3) is 2.61. The highest BCUT2D eigenvalue weighted by Gasteiger charge is 2.08. The number of hydrogen-bond acceptors (Lipinski definition) is 3. The fraction of sp³-hybridized carbons (Fsp3) is 0.778. The van der Waals surface area contributed by atoms with E-state index in [9.17, 15) is 4.79 Å². The summed E-state index contributed by atoms with van der Waals surface area (Å²) in [5.41, 5.74) is -0.138. The average Bonchev–Trinajstić information content (AvgIpc) is 2.46. The van der Waals surface area contributed by atoms with Gasteiger partial charge in [0, 0.05) is 13.6 Å². The summed E-state index contributed by atoms with van der Waals surface area (Å²) >= 11 is 0. The van der Waals surface area contributed by atoms with Crippen LogP contribution in [0.1, 0.15) is 27.7 Å². The van der Waals surface area contributed by atoms with Crippen molar-refractivity contribution in [2.24, 2.45) is 7.05 Å². The molecule has 0 aromatic carbocycles. The summed E-state index contributed by atoms with van der Waals surface area (Å²) in [7, 11) is 1.61. The van der Waals surface area contributed by atoms with Crippen LogP contribution >= 0.6 is 0 Å². The van der Waals surface area contributed by atoms with Crippen LogP contribution in [0.4, 0.5) is 0 Å². The third-order valence-electron chi connectivity index (χ3n) is 1.56. The molecule has 0 spiro atoms. The lowest BCUT2D eigenvalue weighted by molar-refractivity contribution is 0.294. The first-order valence-electron chi connectivity index (χ1n) is 4.97. The Balaban J connectivity index is 0.000000791. The zero-order valence-corrected chi connectivity index (χ0v) is 9.57. The molecular formula is C9H19N3O2. The van der Waals surface area contributed by atoms with E-state index in [0.29, 0.717) is 19.2 Å². The molecule has 0 bridgehead atoms. The molecular weight excluding hydrogens is 182 g/mol. The number of rotatable bonds is 3. The molecule has 0 amide bonds. The van der Waals surface area contributed by atoms with Crippen molar-refractivity contribution in [3.63, 3.8) is 0 Å². The van der Waals surface area contributed by atoms with E-state index in [1.54, 1.807) is 7.05 Å². The number of aryl methyl sites for hydroxylation is 1. The van der Waals surface area contributed by atoms with Gasteiger partial charge in [-0.25, -0.2) is 14.0 Å². The molecule has 0 saturated heterocycles. The summed E-state index contributed by atoms with van der Waals surface area (Å²) in [6.45, 7) is 8.85. The molecule has 0 aliphatic rings. The number of hydrogen-bond donors (Lipinski definition) is 0. The third-order valence-corrected chi connectivity index (χ3v) is 1.56. The predicted molar refractivity (Wildman–Crippen MR) is 55.7 cm³/mol. The maximum absolute atomic E-state index is 11.3. The first-order valence-corrected chi connectivity index (χ1v) is 4.97. The van der Waals surface area contributed by atoms with Crippen molar-refractivity contribution >= 4 is 0 Å². The van der Waals surface area contributed by atoms with Crippen molar-refractivity contribution in [1.29, 1.82) is 0 Å². The van der Waals surface area contributed by atoms with Crippen molar-refractivity contribution < 1.29 is 4.74 Å². The van der Waals surface area contributed by atoms with E-state index >= 15 is 0 Å². The minimum atomic E-state index is -0.138. The van der Waals surface area contributed by atoms with Gasteiger partial charge in [-0.2, -0.15) is 0 Å². The van der Waals surface area contributed by atoms with Crippen molar-refractivity contribution in [3.05, 3.63) is 10.5 Å². The molecule has 1 rings (SSSR count). The summed E-state index contributed by atoms with van der Waals surface area (Å²) in [5.74, 6) is 0. The molecule has 0 radical (unpaired) electrons. The van der Waals surface area contributed by atoms with Crippen LogP contribution in [-0.2, 0) is 13.6 Å². The number of nitrogens with zero attached hydrogens (tertiary/aromatic N) is 3. The second-order valence-corrected chi connectivity index (χ2v) is 2.37. The Morgan fingerprint density at radius 2 is 1.93 bits per heavy atom. The molecule has 0 fully saturated rings. The van der Waals surface area contributed by atoms with Crippen LogP contribution in [0.2, 0.25) is 0 Å². The average molecular weight is 201 g/mol. The largest absolute Gasteiger partial charge is 0.464 e. The van der Waals surface area contributed by atoms with Crippen molar-refractivity contribution in [1.82, 2.24) is 14.3 Å². The van der Waals surface area contributed by atoms with Crippen LogP contribution in [-0.4, -0.2) is 21.0 Å². The Kier molecular flexibility index (Phi) is 5.67. The highest BCUT2D eigenvalue weighted by molar-refractivity contribution is 4.93. The maximum Gasteiger partial charge on any atom is 0.348 e. The van der Waals surface area contributed by atoms with Crippen molar-refractivity contribution in [2.75, 3.05) is 6.61 Å². The van der Waals surface area contributed by atoms with Gasteiger partial charge < -0.3 is 4.74 Å². The first kappa shape index (κ1) is 12.7. The van der Waals surface area contributed by atoms with Gasteiger partial charge >= 0.3 is 11.7 Å². The molecule has 0 unspecified atom stereocenters. The Morgan fingerprint density at radius 1 is 1.36 bits per heavy atom. The van der Waals surface area contributed by atoms with Crippen LogP contribution in [0.25, 0.3) is 0 Å². The quantitative estimate of drug-likeness (QED) is 0.733. The second-order valence-electron chi connectivity index (χ2n) is 2.37. The maximum atomic E-state index is 11.3. The lowest BCUT2D eigenvalue weighted by Crippen LogP contribution is -2.22. The molecule has 0 aliphatic heterocycles. The van der Waals surface area contributed by atoms with Gasteiger partial charge in [0.05, 0.1) is 6.61 Å². The predicted octanol–water partition coefficient (Wildman–Crippen LogP) is 1.03. The first-order chi connectivity index (χ1) is 6.70. The summed E-state index contributed by atoms with van der Waals surface area (Å²) in [5, 5.41) is 3.92. The highest BCUT2D eigenvalue weighted by atomic mass is 16.5. The topological polar surface area (TPSA) is 49.1 Å². The van der Waals surface area contributed by atoms with E-state index in [1.165, 1.54) is 9.25 Å².